The van der Waals surface area contributed by atoms with E-state index < -0.39 is 0 Å². The molecule has 0 N–H and O–H groups in total. The third-order valence-corrected chi connectivity index (χ3v) is 7.87. The van der Waals surface area contributed by atoms with Crippen molar-refractivity contribution in [2.45, 2.75) is 44.8 Å². The van der Waals surface area contributed by atoms with E-state index in [1.54, 1.807) is 0 Å². The van der Waals surface area contributed by atoms with E-state index in [1.165, 1.54) is 0 Å². The summed E-state index contributed by atoms with van der Waals surface area (Å²) in [5.41, 5.74) is 1.79. The Balaban J connectivity index is 1.32. The van der Waals surface area contributed by atoms with E-state index in [0.29, 0.717) is 36.9 Å². The monoisotopic (exact) mass is 427 g/mol. The van der Waals surface area contributed by atoms with Crippen LogP contribution in [0, 0.1) is 24.7 Å². The van der Waals surface area contributed by atoms with E-state index in [1.807, 2.05) is 43.2 Å². The highest BCUT2D eigenvalue weighted by Crippen LogP contribution is 2.39. The molecule has 4 rings (SSSR count). The van der Waals surface area contributed by atoms with Gasteiger partial charge in [-0.3, -0.25) is 9.59 Å². The lowest BCUT2D eigenvalue weighted by Crippen LogP contribution is -2.47. The lowest BCUT2D eigenvalue weighted by Gasteiger charge is -2.40. The van der Waals surface area contributed by atoms with E-state index in [-0.39, 0.29) is 17.9 Å². The van der Waals surface area contributed by atoms with Gasteiger partial charge in [-0.2, -0.15) is 0 Å². The molecule has 0 spiro atoms. The molecule has 3 fully saturated rings. The Morgan fingerprint density at radius 1 is 1.00 bits per heavy atom. The third-order valence-electron chi connectivity index (χ3n) is 7.87. The first-order valence-electron chi connectivity index (χ1n) is 11.7. The molecule has 2 saturated heterocycles. The van der Waals surface area contributed by atoms with E-state index in [4.69, 9.17) is 4.74 Å². The number of hydrogen-bond acceptors (Lipinski definition) is 4. The fraction of sp³-hybridized carbons (Fsp3) is 0.680. The van der Waals surface area contributed by atoms with Crippen LogP contribution >= 0.6 is 0 Å². The van der Waals surface area contributed by atoms with E-state index in [0.717, 1.165) is 49.9 Å². The maximum Gasteiger partial charge on any atom is 0.254 e. The van der Waals surface area contributed by atoms with Crippen LogP contribution in [0.4, 0.5) is 0 Å². The minimum Gasteiger partial charge on any atom is -0.380 e. The van der Waals surface area contributed by atoms with E-state index >= 15 is 0 Å². The SMILES string of the molecule is CO[C@@H]1C[C@H]2CN(C(=O)C3CCN(C(=O)c4ccccc4C)CC3)C[C@H]2C[C@H]1N(C)C. The number of likely N-dealkylation sites (tertiary alicyclic amines) is 2. The van der Waals surface area contributed by atoms with Gasteiger partial charge in [0, 0.05) is 50.8 Å². The van der Waals surface area contributed by atoms with Crippen molar-refractivity contribution in [1.82, 2.24) is 14.7 Å². The molecule has 170 valence electrons. The van der Waals surface area contributed by atoms with Gasteiger partial charge in [-0.25, -0.2) is 0 Å². The number of fused-ring (bicyclic) bond motifs is 1. The smallest absolute Gasteiger partial charge is 0.254 e. The molecule has 6 heteroatoms. The van der Waals surface area contributed by atoms with Gasteiger partial charge in [0.1, 0.15) is 0 Å². The highest BCUT2D eigenvalue weighted by atomic mass is 16.5. The van der Waals surface area contributed by atoms with Crippen molar-refractivity contribution in [3.8, 4) is 0 Å². The highest BCUT2D eigenvalue weighted by molar-refractivity contribution is 5.95. The number of ether oxygens (including phenoxy) is 1. The Morgan fingerprint density at radius 2 is 1.65 bits per heavy atom. The zero-order valence-corrected chi connectivity index (χ0v) is 19.4. The normalized spacial score (nSPS) is 29.3. The van der Waals surface area contributed by atoms with Gasteiger partial charge in [-0.1, -0.05) is 18.2 Å². The summed E-state index contributed by atoms with van der Waals surface area (Å²) in [6.07, 6.45) is 3.93. The van der Waals surface area contributed by atoms with Crippen LogP contribution in [0.25, 0.3) is 0 Å². The minimum absolute atomic E-state index is 0.0453. The zero-order chi connectivity index (χ0) is 22.1. The van der Waals surface area contributed by atoms with Crippen molar-refractivity contribution in [1.29, 1.82) is 0 Å². The predicted octanol–water partition coefficient (Wildman–Crippen LogP) is 2.66. The highest BCUT2D eigenvalue weighted by Gasteiger charge is 2.45. The second-order valence-corrected chi connectivity index (χ2v) is 9.92. The Morgan fingerprint density at radius 3 is 2.26 bits per heavy atom. The molecule has 0 radical (unpaired) electrons. The summed E-state index contributed by atoms with van der Waals surface area (Å²) in [7, 11) is 6.06. The van der Waals surface area contributed by atoms with Gasteiger partial charge in [-0.05, 0) is 70.2 Å². The van der Waals surface area contributed by atoms with Crippen LogP contribution < -0.4 is 0 Å². The molecule has 1 saturated carbocycles. The molecule has 6 nitrogen and oxygen atoms in total. The van der Waals surface area contributed by atoms with E-state index in [2.05, 4.69) is 23.9 Å². The van der Waals surface area contributed by atoms with Gasteiger partial charge < -0.3 is 19.4 Å². The van der Waals surface area contributed by atoms with Crippen LogP contribution in [0.3, 0.4) is 0 Å². The van der Waals surface area contributed by atoms with Crippen LogP contribution in [0.1, 0.15) is 41.6 Å². The fourth-order valence-corrected chi connectivity index (χ4v) is 5.94. The lowest BCUT2D eigenvalue weighted by atomic mass is 9.77. The lowest BCUT2D eigenvalue weighted by molar-refractivity contribution is -0.136. The topological polar surface area (TPSA) is 53.1 Å². The van der Waals surface area contributed by atoms with Gasteiger partial charge in [0.2, 0.25) is 5.91 Å². The van der Waals surface area contributed by atoms with Crippen LogP contribution in [-0.2, 0) is 9.53 Å². The quantitative estimate of drug-likeness (QED) is 0.741. The van der Waals surface area contributed by atoms with Crippen LogP contribution in [0.5, 0.6) is 0 Å². The van der Waals surface area contributed by atoms with Gasteiger partial charge in [0.25, 0.3) is 5.91 Å². The number of benzene rings is 1. The average molecular weight is 428 g/mol. The Kier molecular flexibility index (Phi) is 6.68. The van der Waals surface area contributed by atoms with Gasteiger partial charge >= 0.3 is 0 Å². The van der Waals surface area contributed by atoms with Gasteiger partial charge in [0.05, 0.1) is 6.10 Å². The summed E-state index contributed by atoms with van der Waals surface area (Å²) >= 11 is 0. The first-order chi connectivity index (χ1) is 14.9. The molecule has 0 aromatic heterocycles. The van der Waals surface area contributed by atoms with Crippen molar-refractivity contribution < 1.29 is 14.3 Å². The number of rotatable bonds is 4. The van der Waals surface area contributed by atoms with Crippen molar-refractivity contribution in [3.05, 3.63) is 35.4 Å². The molecule has 1 aromatic rings. The van der Waals surface area contributed by atoms with Crippen LogP contribution in [0.2, 0.25) is 0 Å². The molecule has 3 aliphatic rings. The first kappa shape index (κ1) is 22.3. The fourth-order valence-electron chi connectivity index (χ4n) is 5.94. The van der Waals surface area contributed by atoms with E-state index in [9.17, 15) is 9.59 Å². The minimum atomic E-state index is 0.0453. The van der Waals surface area contributed by atoms with Gasteiger partial charge in [0.15, 0.2) is 0 Å². The number of carbonyl (C=O) groups is 2. The van der Waals surface area contributed by atoms with Gasteiger partial charge in [-0.15, -0.1) is 0 Å². The van der Waals surface area contributed by atoms with Crippen molar-refractivity contribution in [3.63, 3.8) is 0 Å². The molecular weight excluding hydrogens is 390 g/mol. The number of carbonyl (C=O) groups excluding carboxylic acids is 2. The number of aryl methyl sites for hydroxylation is 1. The molecule has 4 atom stereocenters. The number of nitrogens with zero attached hydrogens (tertiary/aromatic N) is 3. The summed E-state index contributed by atoms with van der Waals surface area (Å²) in [5.74, 6) is 1.56. The third kappa shape index (κ3) is 4.51. The summed E-state index contributed by atoms with van der Waals surface area (Å²) in [5, 5.41) is 0. The predicted molar refractivity (Wildman–Crippen MR) is 121 cm³/mol. The molecule has 1 aliphatic carbocycles. The largest absolute Gasteiger partial charge is 0.380 e. The Labute approximate surface area is 186 Å². The molecule has 2 aliphatic heterocycles. The molecule has 0 bridgehead atoms. The summed E-state index contributed by atoms with van der Waals surface area (Å²) in [6.45, 7) is 5.06. The number of hydrogen-bond donors (Lipinski definition) is 0. The molecular formula is C25H37N3O3. The number of methoxy groups -OCH3 is 1. The number of amides is 2. The first-order valence-corrected chi connectivity index (χ1v) is 11.7. The second kappa shape index (κ2) is 9.29. The summed E-state index contributed by atoms with van der Waals surface area (Å²) < 4.78 is 5.78. The van der Waals surface area contributed by atoms with Crippen molar-refractivity contribution in [2.75, 3.05) is 47.4 Å². The van der Waals surface area contributed by atoms with Crippen LogP contribution in [0.15, 0.2) is 24.3 Å². The Bertz CT molecular complexity index is 803. The second-order valence-electron chi connectivity index (χ2n) is 9.92. The van der Waals surface area contributed by atoms with Crippen LogP contribution in [-0.4, -0.2) is 86.0 Å². The Hall–Kier alpha value is -1.92. The zero-order valence-electron chi connectivity index (χ0n) is 19.4. The maximum absolute atomic E-state index is 13.3. The molecule has 2 heterocycles. The average Bonchev–Trinajstić information content (AvgIpc) is 3.20. The molecule has 2 amide bonds. The number of piperidine rings is 1. The molecule has 31 heavy (non-hydrogen) atoms. The molecule has 0 unspecified atom stereocenters. The maximum atomic E-state index is 13.3. The van der Waals surface area contributed by atoms with Crippen molar-refractivity contribution >= 4 is 11.8 Å². The summed E-state index contributed by atoms with van der Waals surface area (Å²) in [4.78, 5) is 32.5. The standard InChI is InChI=1S/C25H37N3O3/c1-17-7-5-6-8-21(17)25(30)27-11-9-18(10-12-27)24(29)28-15-19-13-22(26(2)3)23(31-4)14-20(19)16-28/h5-8,18-20,22-23H,9-16H2,1-4H3/t19-,20+,22-,23-/m1/s1. The molecule has 1 aromatic carbocycles. The number of likely N-dealkylation sites (N-methyl/N-ethyl adjacent to an activating group) is 1. The summed E-state index contributed by atoms with van der Waals surface area (Å²) in [6, 6.07) is 8.18. The van der Waals surface area contributed by atoms with Crippen molar-refractivity contribution in [2.24, 2.45) is 17.8 Å².